The molecule has 1 amide bonds. The molecule has 6 aromatic rings. The van der Waals surface area contributed by atoms with Crippen molar-refractivity contribution in [2.24, 2.45) is 0 Å². The van der Waals surface area contributed by atoms with E-state index in [4.69, 9.17) is 9.84 Å². The SMILES string of the molecule is Cc1ccn2nc(C(C)Nc3ncnc4c3c(-c3cc(NS(C)(=O)=O)cc(C(=O)N(C)C)c3)cn4COCC[Si](C)(C)C)n(-c3ccccc3)c(=O)c12. The second-order valence-corrected chi connectivity index (χ2v) is 22.0. The lowest BCUT2D eigenvalue weighted by Crippen LogP contribution is -2.29. The van der Waals surface area contributed by atoms with E-state index in [9.17, 15) is 18.0 Å². The number of benzene rings is 2. The molecule has 16 heteroatoms. The van der Waals surface area contributed by atoms with Crippen molar-refractivity contribution in [3.05, 3.63) is 101 Å². The Hall–Kier alpha value is -5.32. The number of aryl methyl sites for hydroxylation is 1. The molecule has 4 aromatic heterocycles. The Morgan fingerprint density at radius 2 is 1.79 bits per heavy atom. The van der Waals surface area contributed by atoms with E-state index in [1.54, 1.807) is 41.5 Å². The van der Waals surface area contributed by atoms with Gasteiger partial charge in [0, 0.05) is 58.0 Å². The summed E-state index contributed by atoms with van der Waals surface area (Å²) in [6.07, 6.45) is 6.16. The van der Waals surface area contributed by atoms with Gasteiger partial charge in [0.05, 0.1) is 23.4 Å². The molecule has 1 unspecified atom stereocenters. The average Bonchev–Trinajstić information content (AvgIpc) is 3.66. The second-order valence-electron chi connectivity index (χ2n) is 14.6. The highest BCUT2D eigenvalue weighted by Crippen LogP contribution is 2.37. The van der Waals surface area contributed by atoms with Crippen LogP contribution in [0.25, 0.3) is 33.4 Å². The van der Waals surface area contributed by atoms with Crippen molar-refractivity contribution in [2.75, 3.05) is 37.0 Å². The van der Waals surface area contributed by atoms with Crippen molar-refractivity contribution in [3.63, 3.8) is 0 Å². The number of anilines is 2. The minimum absolute atomic E-state index is 0.205. The summed E-state index contributed by atoms with van der Waals surface area (Å²) in [4.78, 5) is 38.1. The van der Waals surface area contributed by atoms with Gasteiger partial charge in [-0.15, -0.1) is 0 Å². The van der Waals surface area contributed by atoms with Gasteiger partial charge in [0.1, 0.15) is 30.0 Å². The molecule has 2 aromatic carbocycles. The quantitative estimate of drug-likeness (QED) is 0.110. The predicted molar refractivity (Wildman–Crippen MR) is 211 cm³/mol. The molecule has 0 aliphatic carbocycles. The number of carbonyl (C=O) groups excluding carboxylic acids is 1. The molecule has 0 fully saturated rings. The fourth-order valence-electron chi connectivity index (χ4n) is 6.14. The zero-order chi connectivity index (χ0) is 38.2. The van der Waals surface area contributed by atoms with E-state index in [0.29, 0.717) is 51.6 Å². The van der Waals surface area contributed by atoms with Crippen LogP contribution in [0.15, 0.2) is 78.1 Å². The molecule has 0 spiro atoms. The van der Waals surface area contributed by atoms with Gasteiger partial charge < -0.3 is 19.5 Å². The van der Waals surface area contributed by atoms with E-state index >= 15 is 0 Å². The van der Waals surface area contributed by atoms with Gasteiger partial charge in [0.2, 0.25) is 10.0 Å². The average molecular weight is 756 g/mol. The molecule has 0 aliphatic rings. The Kier molecular flexibility index (Phi) is 10.3. The maximum Gasteiger partial charge on any atom is 0.282 e. The molecule has 14 nitrogen and oxygen atoms in total. The van der Waals surface area contributed by atoms with Gasteiger partial charge in [0.15, 0.2) is 5.82 Å². The number of carbonyl (C=O) groups is 1. The molecule has 0 radical (unpaired) electrons. The van der Waals surface area contributed by atoms with Crippen LogP contribution in [0.1, 0.15) is 34.7 Å². The zero-order valence-corrected chi connectivity index (χ0v) is 33.0. The fourth-order valence-corrected chi connectivity index (χ4v) is 7.44. The van der Waals surface area contributed by atoms with Gasteiger partial charge in [-0.2, -0.15) is 5.10 Å². The number of hydrogen-bond acceptors (Lipinski definition) is 9. The van der Waals surface area contributed by atoms with Crippen molar-refractivity contribution in [3.8, 4) is 16.8 Å². The lowest BCUT2D eigenvalue weighted by atomic mass is 10.0. The summed E-state index contributed by atoms with van der Waals surface area (Å²) >= 11 is 0. The number of rotatable bonds is 13. The van der Waals surface area contributed by atoms with Crippen LogP contribution in [-0.2, 0) is 21.5 Å². The van der Waals surface area contributed by atoms with E-state index in [1.165, 1.54) is 17.3 Å². The summed E-state index contributed by atoms with van der Waals surface area (Å²) < 4.78 is 38.5. The Labute approximate surface area is 309 Å². The number of ether oxygens (including phenoxy) is 1. The Morgan fingerprint density at radius 3 is 2.47 bits per heavy atom. The summed E-state index contributed by atoms with van der Waals surface area (Å²) in [5.41, 5.74) is 4.03. The minimum Gasteiger partial charge on any atom is -0.361 e. The van der Waals surface area contributed by atoms with Crippen LogP contribution >= 0.6 is 0 Å². The lowest BCUT2D eigenvalue weighted by molar-refractivity contribution is 0.0827. The molecule has 2 N–H and O–H groups in total. The maximum absolute atomic E-state index is 14.1. The van der Waals surface area contributed by atoms with E-state index in [1.807, 2.05) is 61.0 Å². The first-order valence-electron chi connectivity index (χ1n) is 17.2. The van der Waals surface area contributed by atoms with Crippen LogP contribution in [0.3, 0.4) is 0 Å². The number of nitrogens with one attached hydrogen (secondary N) is 2. The van der Waals surface area contributed by atoms with E-state index in [2.05, 4.69) is 39.6 Å². The van der Waals surface area contributed by atoms with Gasteiger partial charge in [-0.05, 0) is 67.4 Å². The predicted octanol–water partition coefficient (Wildman–Crippen LogP) is 5.76. The highest BCUT2D eigenvalue weighted by Gasteiger charge is 2.24. The van der Waals surface area contributed by atoms with Gasteiger partial charge in [0.25, 0.3) is 11.5 Å². The lowest BCUT2D eigenvalue weighted by Gasteiger charge is -2.20. The van der Waals surface area contributed by atoms with E-state index < -0.39 is 24.1 Å². The van der Waals surface area contributed by atoms with Crippen LogP contribution < -0.4 is 15.6 Å². The second kappa shape index (κ2) is 14.6. The summed E-state index contributed by atoms with van der Waals surface area (Å²) in [6.45, 7) is 11.4. The monoisotopic (exact) mass is 755 g/mol. The van der Waals surface area contributed by atoms with Crippen molar-refractivity contribution in [2.45, 2.75) is 52.3 Å². The van der Waals surface area contributed by atoms with Crippen LogP contribution in [0, 0.1) is 6.92 Å². The number of para-hydroxylation sites is 1. The molecular weight excluding hydrogens is 711 g/mol. The first-order chi connectivity index (χ1) is 25.0. The van der Waals surface area contributed by atoms with Crippen LogP contribution in [0.5, 0.6) is 0 Å². The van der Waals surface area contributed by atoms with Crippen molar-refractivity contribution < 1.29 is 17.9 Å². The number of amides is 1. The van der Waals surface area contributed by atoms with Crippen LogP contribution in [0.4, 0.5) is 11.5 Å². The molecule has 0 aliphatic heterocycles. The van der Waals surface area contributed by atoms with Gasteiger partial charge in [-0.1, -0.05) is 37.8 Å². The molecular formula is C37H45N9O5SSi. The van der Waals surface area contributed by atoms with E-state index in [0.717, 1.165) is 17.9 Å². The Bertz CT molecular complexity index is 2490. The van der Waals surface area contributed by atoms with Crippen LogP contribution in [0.2, 0.25) is 25.7 Å². The number of sulfonamides is 1. The first-order valence-corrected chi connectivity index (χ1v) is 22.8. The molecule has 0 saturated heterocycles. The molecule has 1 atom stereocenters. The topological polar surface area (TPSA) is 158 Å². The molecule has 53 heavy (non-hydrogen) atoms. The molecule has 278 valence electrons. The fraction of sp³-hybridized carbons (Fsp3) is 0.324. The number of nitrogens with zero attached hydrogens (tertiary/aromatic N) is 7. The van der Waals surface area contributed by atoms with Gasteiger partial charge in [-0.25, -0.2) is 22.9 Å². The third-order valence-corrected chi connectivity index (χ3v) is 11.1. The van der Waals surface area contributed by atoms with E-state index in [-0.39, 0.29) is 29.4 Å². The minimum atomic E-state index is -3.67. The zero-order valence-electron chi connectivity index (χ0n) is 31.2. The number of hydrogen-bond donors (Lipinski definition) is 2. The summed E-state index contributed by atoms with van der Waals surface area (Å²) in [5.74, 6) is 0.591. The van der Waals surface area contributed by atoms with Crippen LogP contribution in [-0.4, -0.2) is 83.0 Å². The largest absolute Gasteiger partial charge is 0.361 e. The van der Waals surface area contributed by atoms with Gasteiger partial charge in [-0.3, -0.25) is 18.9 Å². The van der Waals surface area contributed by atoms with Gasteiger partial charge >= 0.3 is 0 Å². The molecule has 0 bridgehead atoms. The molecule has 0 saturated carbocycles. The third-order valence-electron chi connectivity index (χ3n) is 8.75. The Morgan fingerprint density at radius 1 is 1.06 bits per heavy atom. The highest BCUT2D eigenvalue weighted by molar-refractivity contribution is 7.92. The third kappa shape index (κ3) is 8.19. The number of fused-ring (bicyclic) bond motifs is 2. The molecule has 4 heterocycles. The summed E-state index contributed by atoms with van der Waals surface area (Å²) in [5, 5.41) is 9.02. The van der Waals surface area contributed by atoms with Crippen molar-refractivity contribution in [1.82, 2.24) is 33.6 Å². The first kappa shape index (κ1) is 37.4. The highest BCUT2D eigenvalue weighted by atomic mass is 32.2. The normalized spacial score (nSPS) is 12.7. The van der Waals surface area contributed by atoms with Crippen molar-refractivity contribution in [1.29, 1.82) is 0 Å². The summed E-state index contributed by atoms with van der Waals surface area (Å²) in [6, 6.07) is 16.5. The standard InChI is InChI=1S/C37H45N9O5SSi/c1-24-14-15-45-32(24)37(48)46(29-12-10-9-11-13-29)34(41-45)25(2)40-33-31-30(21-44(35(31)39-22-38-33)23-51-16-17-53(6,7)8)26-18-27(36(47)43(3)4)20-28(19-26)42-52(5,49)50/h9-15,18-22,25,42H,16-17,23H2,1-8H3,(H,38,39,40). The van der Waals surface area contributed by atoms with Crippen molar-refractivity contribution >= 4 is 52.1 Å². The maximum atomic E-state index is 14.1. The summed E-state index contributed by atoms with van der Waals surface area (Å²) in [7, 11) is -1.76. The molecule has 6 rings (SSSR count). The smallest absolute Gasteiger partial charge is 0.282 e. The Balaban J connectivity index is 1.52. The number of aromatic nitrogens is 6.